The topological polar surface area (TPSA) is 49.7 Å². The lowest BCUT2D eigenvalue weighted by Gasteiger charge is -2.22. The molecule has 0 saturated carbocycles. The van der Waals surface area contributed by atoms with Gasteiger partial charge in [-0.05, 0) is 6.92 Å². The van der Waals surface area contributed by atoms with Gasteiger partial charge >= 0.3 is 0 Å². The molecule has 70 valence electrons. The lowest BCUT2D eigenvalue weighted by atomic mass is 10.4. The average molecular weight is 216 g/mol. The van der Waals surface area contributed by atoms with Crippen molar-refractivity contribution in [1.29, 1.82) is 0 Å². The van der Waals surface area contributed by atoms with Crippen LogP contribution >= 0.6 is 11.3 Å². The lowest BCUT2D eigenvalue weighted by molar-refractivity contribution is 0.597. The zero-order valence-corrected chi connectivity index (χ0v) is 8.82. The molecule has 13 heavy (non-hydrogen) atoms. The molecule has 2 rings (SSSR count). The summed E-state index contributed by atoms with van der Waals surface area (Å²) in [6, 6.07) is 0. The van der Waals surface area contributed by atoms with Gasteiger partial charge in [-0.3, -0.25) is 0 Å². The Hall–Kier alpha value is -0.880. The maximum absolute atomic E-state index is 11.5. The molecule has 1 aromatic rings. The molecule has 1 aromatic heterocycles. The van der Waals surface area contributed by atoms with E-state index < -0.39 is 10.0 Å². The number of hydrogen-bond acceptors (Lipinski definition) is 4. The van der Waals surface area contributed by atoms with Crippen molar-refractivity contribution in [3.63, 3.8) is 0 Å². The van der Waals surface area contributed by atoms with E-state index >= 15 is 0 Å². The predicted molar refractivity (Wildman–Crippen MR) is 53.0 cm³/mol. The van der Waals surface area contributed by atoms with Crippen molar-refractivity contribution < 1.29 is 8.42 Å². The normalized spacial score (nSPS) is 19.5. The van der Waals surface area contributed by atoms with Crippen molar-refractivity contribution in [2.45, 2.75) is 11.8 Å². The molecule has 0 atom stereocenters. The summed E-state index contributed by atoms with van der Waals surface area (Å²) in [7, 11) is -1.62. The van der Waals surface area contributed by atoms with E-state index in [-0.39, 0.29) is 0 Å². The highest BCUT2D eigenvalue weighted by Crippen LogP contribution is 2.33. The van der Waals surface area contributed by atoms with E-state index in [4.69, 9.17) is 0 Å². The first-order chi connectivity index (χ1) is 6.02. The van der Waals surface area contributed by atoms with Crippen LogP contribution < -0.4 is 4.90 Å². The fourth-order valence-electron chi connectivity index (χ4n) is 1.17. The summed E-state index contributed by atoms with van der Waals surface area (Å²) in [5, 5.41) is 3.42. The molecule has 1 aliphatic heterocycles. The number of fused-ring (bicyclic) bond motifs is 1. The van der Waals surface area contributed by atoms with Crippen molar-refractivity contribution in [1.82, 2.24) is 0 Å². The maximum Gasteiger partial charge on any atom is 0.286 e. The highest BCUT2D eigenvalue weighted by molar-refractivity contribution is 7.90. The monoisotopic (exact) mass is 216 g/mol. The van der Waals surface area contributed by atoms with Gasteiger partial charge < -0.3 is 4.90 Å². The summed E-state index contributed by atoms with van der Waals surface area (Å²) in [6.45, 7) is 1.68. The Morgan fingerprint density at radius 1 is 1.46 bits per heavy atom. The van der Waals surface area contributed by atoms with Crippen LogP contribution in [-0.4, -0.2) is 21.3 Å². The van der Waals surface area contributed by atoms with Crippen LogP contribution in [0, 0.1) is 0 Å². The lowest BCUT2D eigenvalue weighted by Crippen LogP contribution is -2.28. The number of thiophene rings is 1. The van der Waals surface area contributed by atoms with Crippen LogP contribution in [0.3, 0.4) is 0 Å². The molecule has 0 bridgehead atoms. The Morgan fingerprint density at radius 3 is 2.85 bits per heavy atom. The largest absolute Gasteiger partial charge is 0.331 e. The van der Waals surface area contributed by atoms with E-state index in [1.54, 1.807) is 24.3 Å². The standard InChI is InChI=1S/C7H8N2O2S2/c1-5-8-13(10,11)7-4-12-3-6(7)9(5)2/h3-4H,1-2H3. The van der Waals surface area contributed by atoms with Crippen LogP contribution in [0.25, 0.3) is 0 Å². The van der Waals surface area contributed by atoms with Gasteiger partial charge in [0.05, 0.1) is 5.69 Å². The van der Waals surface area contributed by atoms with Gasteiger partial charge in [0, 0.05) is 17.8 Å². The molecule has 4 nitrogen and oxygen atoms in total. The number of nitrogens with zero attached hydrogens (tertiary/aromatic N) is 2. The zero-order valence-electron chi connectivity index (χ0n) is 7.18. The molecule has 0 radical (unpaired) electrons. The number of rotatable bonds is 0. The van der Waals surface area contributed by atoms with Crippen molar-refractivity contribution in [3.8, 4) is 0 Å². The van der Waals surface area contributed by atoms with E-state index in [0.29, 0.717) is 10.7 Å². The molecule has 0 aliphatic carbocycles. The van der Waals surface area contributed by atoms with E-state index in [1.165, 1.54) is 11.3 Å². The Kier molecular flexibility index (Phi) is 1.71. The molecule has 0 spiro atoms. The highest BCUT2D eigenvalue weighted by atomic mass is 32.2. The summed E-state index contributed by atoms with van der Waals surface area (Å²) in [6.07, 6.45) is 0. The van der Waals surface area contributed by atoms with Crippen molar-refractivity contribution in [2.24, 2.45) is 4.40 Å². The van der Waals surface area contributed by atoms with Gasteiger partial charge in [0.25, 0.3) is 10.0 Å². The van der Waals surface area contributed by atoms with Crippen molar-refractivity contribution in [2.75, 3.05) is 11.9 Å². The van der Waals surface area contributed by atoms with Gasteiger partial charge in [-0.25, -0.2) is 0 Å². The smallest absolute Gasteiger partial charge is 0.286 e. The molecule has 0 N–H and O–H groups in total. The van der Waals surface area contributed by atoms with Crippen LogP contribution in [0.4, 0.5) is 5.69 Å². The summed E-state index contributed by atoms with van der Waals surface area (Å²) >= 11 is 1.37. The summed E-state index contributed by atoms with van der Waals surface area (Å²) in [5.41, 5.74) is 0.720. The Morgan fingerprint density at radius 2 is 2.15 bits per heavy atom. The van der Waals surface area contributed by atoms with Crippen molar-refractivity contribution >= 4 is 32.9 Å². The van der Waals surface area contributed by atoms with Crippen LogP contribution in [0.5, 0.6) is 0 Å². The minimum atomic E-state index is -3.42. The summed E-state index contributed by atoms with van der Waals surface area (Å²) < 4.78 is 26.6. The molecule has 0 unspecified atom stereocenters. The molecular formula is C7H8N2O2S2. The van der Waals surface area contributed by atoms with E-state index in [0.717, 1.165) is 5.69 Å². The fourth-order valence-corrected chi connectivity index (χ4v) is 3.66. The molecular weight excluding hydrogens is 208 g/mol. The summed E-state index contributed by atoms with van der Waals surface area (Å²) in [4.78, 5) is 2.08. The number of anilines is 1. The number of hydrogen-bond donors (Lipinski definition) is 0. The predicted octanol–water partition coefficient (Wildman–Crippen LogP) is 1.31. The molecule has 0 saturated heterocycles. The third-order valence-electron chi connectivity index (χ3n) is 1.98. The Labute approximate surface area is 80.6 Å². The van der Waals surface area contributed by atoms with Crippen LogP contribution in [0.15, 0.2) is 20.1 Å². The van der Waals surface area contributed by atoms with Gasteiger partial charge in [0.2, 0.25) is 0 Å². The molecule has 0 fully saturated rings. The van der Waals surface area contributed by atoms with Crippen LogP contribution in [0.1, 0.15) is 6.92 Å². The molecule has 6 heteroatoms. The quantitative estimate of drug-likeness (QED) is 0.657. The molecule has 0 aromatic carbocycles. The second-order valence-corrected chi connectivity index (χ2v) is 5.11. The summed E-state index contributed by atoms with van der Waals surface area (Å²) in [5.74, 6) is 0.505. The van der Waals surface area contributed by atoms with E-state index in [9.17, 15) is 8.42 Å². The van der Waals surface area contributed by atoms with Crippen LogP contribution in [-0.2, 0) is 10.0 Å². The fraction of sp³-hybridized carbons (Fsp3) is 0.286. The van der Waals surface area contributed by atoms with E-state index in [2.05, 4.69) is 4.40 Å². The third-order valence-corrected chi connectivity index (χ3v) is 4.25. The Balaban J connectivity index is 2.75. The van der Waals surface area contributed by atoms with Crippen LogP contribution in [0.2, 0.25) is 0 Å². The van der Waals surface area contributed by atoms with Gasteiger partial charge in [0.15, 0.2) is 0 Å². The molecule has 0 amide bonds. The first-order valence-electron chi connectivity index (χ1n) is 3.64. The van der Waals surface area contributed by atoms with Gasteiger partial charge in [-0.15, -0.1) is 15.7 Å². The minimum absolute atomic E-state index is 0.311. The Bertz CT molecular complexity index is 472. The van der Waals surface area contributed by atoms with Gasteiger partial charge in [-0.1, -0.05) is 0 Å². The maximum atomic E-state index is 11.5. The average Bonchev–Trinajstić information content (AvgIpc) is 2.48. The molecule has 1 aliphatic rings. The second-order valence-electron chi connectivity index (χ2n) is 2.79. The van der Waals surface area contributed by atoms with Crippen molar-refractivity contribution in [3.05, 3.63) is 10.8 Å². The number of amidine groups is 1. The first-order valence-corrected chi connectivity index (χ1v) is 6.02. The zero-order chi connectivity index (χ0) is 9.64. The SMILES string of the molecule is CC1=NS(=O)(=O)c2cscc2N1C. The highest BCUT2D eigenvalue weighted by Gasteiger charge is 2.27. The number of sulfonamides is 1. The first kappa shape index (κ1) is 8.71. The second kappa shape index (κ2) is 2.55. The van der Waals surface area contributed by atoms with Gasteiger partial charge in [-0.2, -0.15) is 8.42 Å². The van der Waals surface area contributed by atoms with Gasteiger partial charge in [0.1, 0.15) is 10.7 Å². The molecule has 2 heterocycles. The third kappa shape index (κ3) is 1.17. The van der Waals surface area contributed by atoms with E-state index in [1.807, 2.05) is 5.38 Å². The minimum Gasteiger partial charge on any atom is -0.331 e.